The molecule has 2 rings (SSSR count). The summed E-state index contributed by atoms with van der Waals surface area (Å²) in [7, 11) is -3.55. The maximum atomic E-state index is 12.3. The van der Waals surface area contributed by atoms with Gasteiger partial charge in [-0.3, -0.25) is 4.79 Å². The molecule has 0 aliphatic heterocycles. The number of carbonyl (C=O) groups excluding carboxylic acids is 1. The molecular weight excluding hydrogens is 350 g/mol. The lowest BCUT2D eigenvalue weighted by Crippen LogP contribution is -2.39. The van der Waals surface area contributed by atoms with Gasteiger partial charge in [0.25, 0.3) is 5.91 Å². The Morgan fingerprint density at radius 3 is 2.58 bits per heavy atom. The van der Waals surface area contributed by atoms with Crippen LogP contribution in [0.1, 0.15) is 42.6 Å². The van der Waals surface area contributed by atoms with Crippen LogP contribution in [0, 0.1) is 6.92 Å². The zero-order valence-electron chi connectivity index (χ0n) is 14.3. The first kappa shape index (κ1) is 20.9. The summed E-state index contributed by atoms with van der Waals surface area (Å²) in [5, 5.41) is 6.05. The summed E-state index contributed by atoms with van der Waals surface area (Å²) < 4.78 is 27.2. The highest BCUT2D eigenvalue weighted by atomic mass is 35.5. The molecule has 1 aliphatic carbocycles. The first-order valence-electron chi connectivity index (χ1n) is 7.98. The number of likely N-dealkylation sites (N-methyl/N-ethyl adjacent to an activating group) is 1. The Labute approximate surface area is 150 Å². The molecule has 0 heterocycles. The van der Waals surface area contributed by atoms with Crippen LogP contribution in [-0.2, 0) is 10.0 Å². The van der Waals surface area contributed by atoms with Gasteiger partial charge in [-0.1, -0.05) is 13.0 Å². The Bertz CT molecular complexity index is 675. The van der Waals surface area contributed by atoms with E-state index in [2.05, 4.69) is 15.4 Å². The van der Waals surface area contributed by atoms with Gasteiger partial charge in [-0.25, -0.2) is 13.1 Å². The molecule has 0 spiro atoms. The largest absolute Gasteiger partial charge is 0.350 e. The fourth-order valence-corrected chi connectivity index (χ4v) is 3.59. The molecule has 1 atom stereocenters. The number of amides is 1. The number of carbonyl (C=O) groups is 1. The zero-order valence-corrected chi connectivity index (χ0v) is 15.9. The Morgan fingerprint density at radius 2 is 2.00 bits per heavy atom. The van der Waals surface area contributed by atoms with E-state index in [9.17, 15) is 13.2 Å². The number of nitrogens with one attached hydrogen (secondary N) is 3. The molecule has 0 unspecified atom stereocenters. The molecule has 1 aromatic carbocycles. The molecule has 136 valence electrons. The third-order valence-corrected chi connectivity index (χ3v) is 5.30. The van der Waals surface area contributed by atoms with Crippen molar-refractivity contribution in [3.05, 3.63) is 29.3 Å². The summed E-state index contributed by atoms with van der Waals surface area (Å²) in [6.07, 6.45) is 1.75. The van der Waals surface area contributed by atoms with Gasteiger partial charge in [-0.2, -0.15) is 0 Å². The molecule has 0 radical (unpaired) electrons. The molecule has 0 saturated heterocycles. The quantitative estimate of drug-likeness (QED) is 0.643. The topological polar surface area (TPSA) is 87.3 Å². The van der Waals surface area contributed by atoms with Crippen LogP contribution in [-0.4, -0.2) is 39.5 Å². The average Bonchev–Trinajstić information content (AvgIpc) is 3.28. The van der Waals surface area contributed by atoms with E-state index >= 15 is 0 Å². The van der Waals surface area contributed by atoms with Crippen LogP contribution in [0.4, 0.5) is 0 Å². The minimum Gasteiger partial charge on any atom is -0.350 e. The summed E-state index contributed by atoms with van der Waals surface area (Å²) in [6, 6.07) is 4.86. The number of benzene rings is 1. The highest BCUT2D eigenvalue weighted by Crippen LogP contribution is 2.23. The van der Waals surface area contributed by atoms with E-state index < -0.39 is 10.0 Å². The molecule has 1 aliphatic rings. The van der Waals surface area contributed by atoms with Crippen molar-refractivity contribution in [1.29, 1.82) is 0 Å². The normalized spacial score (nSPS) is 15.5. The van der Waals surface area contributed by atoms with Gasteiger partial charge in [-0.05, 0) is 50.9 Å². The maximum absolute atomic E-state index is 12.3. The van der Waals surface area contributed by atoms with E-state index in [4.69, 9.17) is 0 Å². The molecule has 3 N–H and O–H groups in total. The van der Waals surface area contributed by atoms with Crippen molar-refractivity contribution in [2.24, 2.45) is 0 Å². The predicted octanol–water partition coefficient (Wildman–Crippen LogP) is 1.59. The third kappa shape index (κ3) is 5.73. The highest BCUT2D eigenvalue weighted by Gasteiger charge is 2.28. The zero-order chi connectivity index (χ0) is 17.0. The number of aryl methyl sites for hydroxylation is 1. The van der Waals surface area contributed by atoms with Gasteiger partial charge >= 0.3 is 0 Å². The van der Waals surface area contributed by atoms with Gasteiger partial charge in [0.15, 0.2) is 0 Å². The Hall–Kier alpha value is -1.15. The standard InChI is InChI=1S/C16H25N3O3S.ClH/c1-4-17-12(3)10-18-16(20)15-9-14(8-5-11(15)2)23(21,22)19-13-6-7-13;/h5,8-9,12-13,17,19H,4,6-7,10H2,1-3H3,(H,18,20);1H/t12-;/m1./s1. The van der Waals surface area contributed by atoms with E-state index in [1.165, 1.54) is 12.1 Å². The molecular formula is C16H26ClN3O3S. The monoisotopic (exact) mass is 375 g/mol. The number of halogens is 1. The molecule has 1 saturated carbocycles. The maximum Gasteiger partial charge on any atom is 0.251 e. The van der Waals surface area contributed by atoms with Crippen molar-refractivity contribution in [3.8, 4) is 0 Å². The van der Waals surface area contributed by atoms with Crippen molar-refractivity contribution >= 4 is 28.3 Å². The van der Waals surface area contributed by atoms with Gasteiger partial charge in [0, 0.05) is 24.2 Å². The van der Waals surface area contributed by atoms with E-state index in [1.807, 2.05) is 13.8 Å². The van der Waals surface area contributed by atoms with Crippen molar-refractivity contribution in [1.82, 2.24) is 15.4 Å². The van der Waals surface area contributed by atoms with Gasteiger partial charge < -0.3 is 10.6 Å². The minimum absolute atomic E-state index is 0. The fourth-order valence-electron chi connectivity index (χ4n) is 2.26. The summed E-state index contributed by atoms with van der Waals surface area (Å²) in [5.74, 6) is -0.254. The van der Waals surface area contributed by atoms with Crippen LogP contribution in [0.3, 0.4) is 0 Å². The van der Waals surface area contributed by atoms with Crippen LogP contribution in [0.15, 0.2) is 23.1 Å². The summed E-state index contributed by atoms with van der Waals surface area (Å²) in [4.78, 5) is 12.5. The Kier molecular flexibility index (Phi) is 7.66. The molecule has 8 heteroatoms. The molecule has 0 aromatic heterocycles. The Morgan fingerprint density at radius 1 is 1.33 bits per heavy atom. The molecule has 1 aromatic rings. The summed E-state index contributed by atoms with van der Waals surface area (Å²) >= 11 is 0. The lowest BCUT2D eigenvalue weighted by atomic mass is 10.1. The van der Waals surface area contributed by atoms with E-state index in [1.54, 1.807) is 13.0 Å². The highest BCUT2D eigenvalue weighted by molar-refractivity contribution is 7.89. The molecule has 6 nitrogen and oxygen atoms in total. The van der Waals surface area contributed by atoms with Crippen molar-refractivity contribution in [3.63, 3.8) is 0 Å². The smallest absolute Gasteiger partial charge is 0.251 e. The number of rotatable bonds is 8. The van der Waals surface area contributed by atoms with Gasteiger partial charge in [0.1, 0.15) is 0 Å². The minimum atomic E-state index is -3.55. The summed E-state index contributed by atoms with van der Waals surface area (Å²) in [6.45, 7) is 7.11. The third-order valence-electron chi connectivity index (χ3n) is 3.78. The van der Waals surface area contributed by atoms with Crippen LogP contribution < -0.4 is 15.4 Å². The molecule has 1 amide bonds. The van der Waals surface area contributed by atoms with Crippen LogP contribution in [0.5, 0.6) is 0 Å². The second-order valence-corrected chi connectivity index (χ2v) is 7.76. The van der Waals surface area contributed by atoms with Crippen molar-refractivity contribution in [2.45, 2.75) is 50.6 Å². The Balaban J connectivity index is 0.00000288. The van der Waals surface area contributed by atoms with Gasteiger partial charge in [0.2, 0.25) is 10.0 Å². The van der Waals surface area contributed by atoms with Crippen LogP contribution in [0.2, 0.25) is 0 Å². The second-order valence-electron chi connectivity index (χ2n) is 6.04. The van der Waals surface area contributed by atoms with Crippen LogP contribution >= 0.6 is 12.4 Å². The molecule has 1 fully saturated rings. The number of hydrogen-bond donors (Lipinski definition) is 3. The molecule has 24 heavy (non-hydrogen) atoms. The van der Waals surface area contributed by atoms with Crippen molar-refractivity contribution < 1.29 is 13.2 Å². The predicted molar refractivity (Wildman–Crippen MR) is 97.2 cm³/mol. The first-order chi connectivity index (χ1) is 10.8. The van der Waals surface area contributed by atoms with E-state index in [-0.39, 0.29) is 35.3 Å². The average molecular weight is 376 g/mol. The SMILES string of the molecule is CCN[C@H](C)CNC(=O)c1cc(S(=O)(=O)NC2CC2)ccc1C.Cl. The van der Waals surface area contributed by atoms with E-state index in [0.717, 1.165) is 24.9 Å². The lowest BCUT2D eigenvalue weighted by molar-refractivity contribution is 0.0949. The van der Waals surface area contributed by atoms with Crippen LogP contribution in [0.25, 0.3) is 0 Å². The fraction of sp³-hybridized carbons (Fsp3) is 0.562. The lowest BCUT2D eigenvalue weighted by Gasteiger charge is -2.15. The molecule has 0 bridgehead atoms. The van der Waals surface area contributed by atoms with Gasteiger partial charge in [-0.15, -0.1) is 12.4 Å². The number of hydrogen-bond acceptors (Lipinski definition) is 4. The summed E-state index contributed by atoms with van der Waals surface area (Å²) in [5.41, 5.74) is 1.15. The van der Waals surface area contributed by atoms with E-state index in [0.29, 0.717) is 12.1 Å². The van der Waals surface area contributed by atoms with Gasteiger partial charge in [0.05, 0.1) is 4.90 Å². The first-order valence-corrected chi connectivity index (χ1v) is 9.46. The second kappa shape index (κ2) is 8.80. The number of sulfonamides is 1. The van der Waals surface area contributed by atoms with Crippen molar-refractivity contribution in [2.75, 3.05) is 13.1 Å².